The summed E-state index contributed by atoms with van der Waals surface area (Å²) in [4.78, 5) is 18.4. The van der Waals surface area contributed by atoms with Crippen LogP contribution in [-0.2, 0) is 9.53 Å². The zero-order valence-corrected chi connectivity index (χ0v) is 11.1. The van der Waals surface area contributed by atoms with Crippen molar-refractivity contribution in [3.63, 3.8) is 0 Å². The van der Waals surface area contributed by atoms with Crippen LogP contribution >= 0.6 is 11.3 Å². The third-order valence-electron chi connectivity index (χ3n) is 2.89. The van der Waals surface area contributed by atoms with Crippen molar-refractivity contribution in [2.45, 2.75) is 26.0 Å². The maximum atomic E-state index is 12.3. The molecule has 0 aliphatic carbocycles. The third-order valence-corrected chi connectivity index (χ3v) is 3.65. The quantitative estimate of drug-likeness (QED) is 0.849. The van der Waals surface area contributed by atoms with Gasteiger partial charge in [0.1, 0.15) is 11.9 Å². The summed E-state index contributed by atoms with van der Waals surface area (Å²) in [5, 5.41) is 5.89. The van der Waals surface area contributed by atoms with Crippen LogP contribution in [0.5, 0.6) is 0 Å². The van der Waals surface area contributed by atoms with Crippen LogP contribution in [0.15, 0.2) is 5.38 Å². The van der Waals surface area contributed by atoms with E-state index in [0.29, 0.717) is 13.2 Å². The molecule has 1 N–H and O–H groups in total. The first-order valence-electron chi connectivity index (χ1n) is 5.66. The van der Waals surface area contributed by atoms with Crippen molar-refractivity contribution in [2.24, 2.45) is 0 Å². The van der Waals surface area contributed by atoms with Gasteiger partial charge in [0.25, 0.3) is 0 Å². The molecule has 0 spiro atoms. The van der Waals surface area contributed by atoms with Gasteiger partial charge in [-0.1, -0.05) is 0 Å². The van der Waals surface area contributed by atoms with E-state index in [0.717, 1.165) is 10.8 Å². The Morgan fingerprint density at radius 2 is 2.41 bits per heavy atom. The highest BCUT2D eigenvalue weighted by Crippen LogP contribution is 2.21. The molecule has 17 heavy (non-hydrogen) atoms. The van der Waals surface area contributed by atoms with Crippen LogP contribution in [0.3, 0.4) is 0 Å². The molecule has 1 aliphatic rings. The Labute approximate surface area is 105 Å². The van der Waals surface area contributed by atoms with Gasteiger partial charge in [-0.25, -0.2) is 4.98 Å². The second-order valence-corrected chi connectivity index (χ2v) is 5.12. The third kappa shape index (κ3) is 2.48. The Bertz CT molecular complexity index is 407. The number of carbonyl (C=O) groups is 1. The first kappa shape index (κ1) is 12.5. The van der Waals surface area contributed by atoms with Gasteiger partial charge in [-0.05, 0) is 20.9 Å². The highest BCUT2D eigenvalue weighted by Gasteiger charge is 2.33. The number of thiazole rings is 1. The number of likely N-dealkylation sites (N-methyl/N-ethyl adjacent to an activating group) is 1. The molecule has 2 rings (SSSR count). The Kier molecular flexibility index (Phi) is 3.76. The zero-order chi connectivity index (χ0) is 12.4. The highest BCUT2D eigenvalue weighted by molar-refractivity contribution is 7.09. The molecule has 0 saturated carbocycles. The summed E-state index contributed by atoms with van der Waals surface area (Å²) >= 11 is 1.55. The molecule has 1 saturated heterocycles. The first-order valence-corrected chi connectivity index (χ1v) is 6.54. The molecule has 6 heteroatoms. The predicted octanol–water partition coefficient (Wildman–Crippen LogP) is 0.791. The molecule has 1 amide bonds. The number of ether oxygens (including phenoxy) is 1. The van der Waals surface area contributed by atoms with E-state index in [-0.39, 0.29) is 18.1 Å². The molecule has 1 aromatic heterocycles. The zero-order valence-electron chi connectivity index (χ0n) is 10.3. The summed E-state index contributed by atoms with van der Waals surface area (Å²) in [6.45, 7) is 4.95. The average Bonchev–Trinajstić information content (AvgIpc) is 2.65. The van der Waals surface area contributed by atoms with Crippen LogP contribution in [0.25, 0.3) is 0 Å². The summed E-state index contributed by atoms with van der Waals surface area (Å²) in [6.07, 6.45) is -0.114. The van der Waals surface area contributed by atoms with E-state index in [9.17, 15) is 4.79 Å². The van der Waals surface area contributed by atoms with Gasteiger partial charge in [-0.15, -0.1) is 11.3 Å². The monoisotopic (exact) mass is 255 g/mol. The number of aromatic nitrogens is 1. The van der Waals surface area contributed by atoms with Gasteiger partial charge >= 0.3 is 0 Å². The van der Waals surface area contributed by atoms with E-state index < -0.39 is 0 Å². The standard InChI is InChI=1S/C11H17N3O2S/c1-7-10(12-3)11(15)14(4-5-16-7)9-6-17-8(2)13-9/h6-7,10,12H,4-5H2,1-3H3. The molecule has 2 atom stereocenters. The van der Waals surface area contributed by atoms with Crippen LogP contribution in [0.1, 0.15) is 11.9 Å². The van der Waals surface area contributed by atoms with Crippen LogP contribution < -0.4 is 10.2 Å². The minimum Gasteiger partial charge on any atom is -0.374 e. The molecular formula is C11H17N3O2S. The lowest BCUT2D eigenvalue weighted by Crippen LogP contribution is -2.49. The van der Waals surface area contributed by atoms with E-state index in [1.54, 1.807) is 23.3 Å². The van der Waals surface area contributed by atoms with E-state index >= 15 is 0 Å². The van der Waals surface area contributed by atoms with Crippen LogP contribution in [0.4, 0.5) is 5.82 Å². The molecule has 2 unspecified atom stereocenters. The largest absolute Gasteiger partial charge is 0.374 e. The Hall–Kier alpha value is -0.980. The van der Waals surface area contributed by atoms with Gasteiger partial charge in [0.15, 0.2) is 0 Å². The molecule has 1 aliphatic heterocycles. The normalized spacial score (nSPS) is 26.1. The van der Waals surface area contributed by atoms with Gasteiger partial charge in [0, 0.05) is 5.38 Å². The smallest absolute Gasteiger partial charge is 0.248 e. The number of aryl methyl sites for hydroxylation is 1. The lowest BCUT2D eigenvalue weighted by molar-refractivity contribution is -0.122. The summed E-state index contributed by atoms with van der Waals surface area (Å²) in [7, 11) is 1.78. The summed E-state index contributed by atoms with van der Waals surface area (Å²) in [5.74, 6) is 0.762. The van der Waals surface area contributed by atoms with Gasteiger partial charge in [-0.2, -0.15) is 0 Å². The van der Waals surface area contributed by atoms with Crippen molar-refractivity contribution in [1.29, 1.82) is 0 Å². The molecule has 0 aromatic carbocycles. The number of hydrogen-bond acceptors (Lipinski definition) is 5. The fourth-order valence-corrected chi connectivity index (χ4v) is 2.57. The van der Waals surface area contributed by atoms with Crippen molar-refractivity contribution in [3.8, 4) is 0 Å². The predicted molar refractivity (Wildman–Crippen MR) is 67.5 cm³/mol. The molecule has 0 radical (unpaired) electrons. The van der Waals surface area contributed by atoms with Crippen LogP contribution in [0.2, 0.25) is 0 Å². The second kappa shape index (κ2) is 5.12. The molecule has 1 fully saturated rings. The highest BCUT2D eigenvalue weighted by atomic mass is 32.1. The topological polar surface area (TPSA) is 54.5 Å². The Morgan fingerprint density at radius 3 is 3.00 bits per heavy atom. The maximum absolute atomic E-state index is 12.3. The van der Waals surface area contributed by atoms with Crippen molar-refractivity contribution in [3.05, 3.63) is 10.4 Å². The fourth-order valence-electron chi connectivity index (χ4n) is 1.97. The molecule has 5 nitrogen and oxygen atoms in total. The number of anilines is 1. The first-order chi connectivity index (χ1) is 8.13. The van der Waals surface area contributed by atoms with Gasteiger partial charge < -0.3 is 10.1 Å². The Morgan fingerprint density at radius 1 is 1.65 bits per heavy atom. The lowest BCUT2D eigenvalue weighted by Gasteiger charge is -2.23. The number of rotatable bonds is 2. The van der Waals surface area contributed by atoms with Crippen molar-refractivity contribution in [1.82, 2.24) is 10.3 Å². The molecular weight excluding hydrogens is 238 g/mol. The SMILES string of the molecule is CNC1C(=O)N(c2csc(C)n2)CCOC1C. The number of carbonyl (C=O) groups excluding carboxylic acids is 1. The molecule has 0 bridgehead atoms. The summed E-state index contributed by atoms with van der Waals surface area (Å²) in [6, 6.07) is -0.306. The van der Waals surface area contributed by atoms with Gasteiger partial charge in [0.2, 0.25) is 5.91 Å². The van der Waals surface area contributed by atoms with E-state index in [2.05, 4.69) is 10.3 Å². The van der Waals surface area contributed by atoms with Crippen molar-refractivity contribution >= 4 is 23.1 Å². The van der Waals surface area contributed by atoms with Crippen LogP contribution in [-0.4, -0.2) is 43.2 Å². The van der Waals surface area contributed by atoms with E-state index in [1.165, 1.54) is 0 Å². The minimum atomic E-state index is -0.306. The minimum absolute atomic E-state index is 0.0304. The van der Waals surface area contributed by atoms with E-state index in [1.807, 2.05) is 19.2 Å². The number of nitrogens with zero attached hydrogens (tertiary/aromatic N) is 2. The Balaban J connectivity index is 2.25. The van der Waals surface area contributed by atoms with Crippen LogP contribution in [0, 0.1) is 6.92 Å². The number of nitrogens with one attached hydrogen (secondary N) is 1. The number of amides is 1. The maximum Gasteiger partial charge on any atom is 0.248 e. The average molecular weight is 255 g/mol. The molecule has 1 aromatic rings. The van der Waals surface area contributed by atoms with E-state index in [4.69, 9.17) is 4.74 Å². The van der Waals surface area contributed by atoms with Crippen molar-refractivity contribution < 1.29 is 9.53 Å². The van der Waals surface area contributed by atoms with Gasteiger partial charge in [-0.3, -0.25) is 9.69 Å². The summed E-state index contributed by atoms with van der Waals surface area (Å²) < 4.78 is 5.59. The lowest BCUT2D eigenvalue weighted by atomic mass is 10.1. The molecule has 2 heterocycles. The fraction of sp³-hybridized carbons (Fsp3) is 0.636. The number of hydrogen-bond donors (Lipinski definition) is 1. The van der Waals surface area contributed by atoms with Gasteiger partial charge in [0.05, 0.1) is 24.3 Å². The summed E-state index contributed by atoms with van der Waals surface area (Å²) in [5.41, 5.74) is 0. The second-order valence-electron chi connectivity index (χ2n) is 4.06. The molecule has 94 valence electrons. The van der Waals surface area contributed by atoms with Crippen molar-refractivity contribution in [2.75, 3.05) is 25.1 Å².